The van der Waals surface area contributed by atoms with Crippen molar-refractivity contribution in [2.75, 3.05) is 0 Å². The Morgan fingerprint density at radius 1 is 0.389 bits per heavy atom. The third-order valence-corrected chi connectivity index (χ3v) is 9.55. The smallest absolute Gasteiger partial charge is 0.0428 e. The van der Waals surface area contributed by atoms with Crippen LogP contribution in [0.5, 0.6) is 0 Å². The lowest BCUT2D eigenvalue weighted by molar-refractivity contribution is 1.33. The summed E-state index contributed by atoms with van der Waals surface area (Å²) >= 11 is 3.73. The molecule has 8 aromatic rings. The fourth-order valence-electron chi connectivity index (χ4n) is 5.35. The number of pyridine rings is 2. The highest BCUT2D eigenvalue weighted by atomic mass is 32.1. The van der Waals surface area contributed by atoms with E-state index in [0.29, 0.717) is 0 Å². The maximum absolute atomic E-state index is 4.17. The molecule has 0 fully saturated rings. The minimum absolute atomic E-state index is 1.22. The molecule has 0 unspecified atom stereocenters. The molecule has 0 radical (unpaired) electrons. The van der Waals surface area contributed by atoms with Crippen molar-refractivity contribution in [2.24, 2.45) is 0 Å². The molecule has 8 rings (SSSR count). The normalized spacial score (nSPS) is 11.9. The zero-order valence-corrected chi connectivity index (χ0v) is 20.7. The van der Waals surface area contributed by atoms with Crippen molar-refractivity contribution >= 4 is 75.2 Å². The van der Waals surface area contributed by atoms with E-state index in [-0.39, 0.29) is 0 Å². The zero-order chi connectivity index (χ0) is 23.6. The average molecular weight is 495 g/mol. The van der Waals surface area contributed by atoms with Gasteiger partial charge in [-0.3, -0.25) is 9.97 Å². The molecule has 4 aromatic heterocycles. The van der Waals surface area contributed by atoms with Crippen LogP contribution in [0.4, 0.5) is 0 Å². The van der Waals surface area contributed by atoms with Crippen molar-refractivity contribution in [1.29, 1.82) is 0 Å². The fourth-order valence-corrected chi connectivity index (χ4v) is 7.73. The molecule has 0 N–H and O–H groups in total. The Morgan fingerprint density at radius 2 is 0.750 bits per heavy atom. The van der Waals surface area contributed by atoms with Gasteiger partial charge in [-0.05, 0) is 79.8 Å². The van der Waals surface area contributed by atoms with E-state index in [4.69, 9.17) is 0 Å². The minimum Gasteiger partial charge on any atom is -0.265 e. The van der Waals surface area contributed by atoms with Crippen LogP contribution in [-0.4, -0.2) is 9.97 Å². The number of fused-ring (bicyclic) bond motifs is 9. The van der Waals surface area contributed by atoms with Gasteiger partial charge in [-0.15, -0.1) is 22.7 Å². The van der Waals surface area contributed by atoms with Gasteiger partial charge >= 0.3 is 0 Å². The third kappa shape index (κ3) is 2.95. The average Bonchev–Trinajstić information content (AvgIpc) is 3.58. The summed E-state index contributed by atoms with van der Waals surface area (Å²) in [6.45, 7) is 0. The van der Waals surface area contributed by atoms with Crippen LogP contribution in [0, 0.1) is 0 Å². The molecule has 0 aliphatic carbocycles. The molecular formula is C32H18N2S2. The number of aromatic nitrogens is 2. The van der Waals surface area contributed by atoms with Gasteiger partial charge < -0.3 is 0 Å². The highest BCUT2D eigenvalue weighted by molar-refractivity contribution is 7.23. The first-order valence-corrected chi connectivity index (χ1v) is 13.5. The second kappa shape index (κ2) is 7.69. The molecule has 0 aliphatic rings. The molecule has 0 aliphatic heterocycles. The number of hydrogen-bond acceptors (Lipinski definition) is 4. The maximum atomic E-state index is 4.17. The summed E-state index contributed by atoms with van der Waals surface area (Å²) in [7, 11) is 0. The number of hydrogen-bond donors (Lipinski definition) is 0. The fraction of sp³-hybridized carbons (Fsp3) is 0. The van der Waals surface area contributed by atoms with Gasteiger partial charge in [-0.25, -0.2) is 0 Å². The standard InChI is InChI=1S/C32H18N2S2/c1-3-25-23-5-8-28-26(4-2-22-18-30(36-32(22)28)20-11-15-34-16-12-20)24(23)6-7-27(25)31-21(1)17-29(35-31)19-9-13-33-14-10-19/h1-18H. The predicted molar refractivity (Wildman–Crippen MR) is 156 cm³/mol. The zero-order valence-electron chi connectivity index (χ0n) is 19.1. The van der Waals surface area contributed by atoms with Crippen LogP contribution in [0.15, 0.2) is 110 Å². The van der Waals surface area contributed by atoms with Crippen LogP contribution < -0.4 is 0 Å². The van der Waals surface area contributed by atoms with E-state index in [1.54, 1.807) is 0 Å². The SMILES string of the molecule is c1cc(-c2cc3ccc4c5ccc6c(ccc7cc(-c8ccncc8)sc76)c5ccc4c3s2)ccn1. The summed E-state index contributed by atoms with van der Waals surface area (Å²) in [5.74, 6) is 0. The second-order valence-electron chi connectivity index (χ2n) is 9.08. The van der Waals surface area contributed by atoms with E-state index in [1.807, 2.05) is 47.5 Å². The van der Waals surface area contributed by atoms with Crippen LogP contribution in [0.3, 0.4) is 0 Å². The highest BCUT2D eigenvalue weighted by Gasteiger charge is 2.13. The van der Waals surface area contributed by atoms with Crippen LogP contribution in [0.25, 0.3) is 73.4 Å². The molecule has 0 saturated carbocycles. The van der Waals surface area contributed by atoms with Crippen molar-refractivity contribution in [2.45, 2.75) is 0 Å². The van der Waals surface area contributed by atoms with Crippen molar-refractivity contribution < 1.29 is 0 Å². The summed E-state index contributed by atoms with van der Waals surface area (Å²) in [5.41, 5.74) is 2.44. The number of rotatable bonds is 2. The largest absolute Gasteiger partial charge is 0.265 e. The molecule has 4 heterocycles. The van der Waals surface area contributed by atoms with Crippen LogP contribution >= 0.6 is 22.7 Å². The molecule has 4 aromatic carbocycles. The Kier molecular flexibility index (Phi) is 4.30. The quantitative estimate of drug-likeness (QED) is 0.224. The minimum atomic E-state index is 1.22. The first-order valence-electron chi connectivity index (χ1n) is 11.9. The van der Waals surface area contributed by atoms with Crippen LogP contribution in [0.2, 0.25) is 0 Å². The van der Waals surface area contributed by atoms with Crippen LogP contribution in [0.1, 0.15) is 0 Å². The lowest BCUT2D eigenvalue weighted by Gasteiger charge is -2.09. The van der Waals surface area contributed by atoms with E-state index in [1.165, 1.54) is 73.4 Å². The monoisotopic (exact) mass is 494 g/mol. The molecule has 36 heavy (non-hydrogen) atoms. The molecule has 168 valence electrons. The van der Waals surface area contributed by atoms with E-state index in [2.05, 4.69) is 94.9 Å². The Labute approximate surface area is 215 Å². The van der Waals surface area contributed by atoms with Gasteiger partial charge in [0.15, 0.2) is 0 Å². The molecule has 4 heteroatoms. The second-order valence-corrected chi connectivity index (χ2v) is 11.2. The molecule has 0 saturated heterocycles. The Bertz CT molecular complexity index is 1940. The Balaban J connectivity index is 1.36. The lowest BCUT2D eigenvalue weighted by Crippen LogP contribution is -1.81. The van der Waals surface area contributed by atoms with E-state index in [9.17, 15) is 0 Å². The van der Waals surface area contributed by atoms with Gasteiger partial charge in [0, 0.05) is 54.7 Å². The Hall–Kier alpha value is -4.12. The predicted octanol–water partition coefficient (Wildman–Crippen LogP) is 9.70. The molecule has 0 atom stereocenters. The van der Waals surface area contributed by atoms with E-state index >= 15 is 0 Å². The first-order chi connectivity index (χ1) is 17.8. The van der Waals surface area contributed by atoms with Crippen molar-refractivity contribution in [3.63, 3.8) is 0 Å². The van der Waals surface area contributed by atoms with Gasteiger partial charge in [-0.2, -0.15) is 0 Å². The topological polar surface area (TPSA) is 25.8 Å². The van der Waals surface area contributed by atoms with Crippen molar-refractivity contribution in [3.8, 4) is 20.9 Å². The highest BCUT2D eigenvalue weighted by Crippen LogP contribution is 2.43. The summed E-state index contributed by atoms with van der Waals surface area (Å²) in [6, 6.07) is 31.3. The number of nitrogens with zero attached hydrogens (tertiary/aromatic N) is 2. The Morgan fingerprint density at radius 3 is 1.19 bits per heavy atom. The van der Waals surface area contributed by atoms with Crippen molar-refractivity contribution in [3.05, 3.63) is 110 Å². The number of benzene rings is 4. The van der Waals surface area contributed by atoms with Crippen molar-refractivity contribution in [1.82, 2.24) is 9.97 Å². The summed E-state index contributed by atoms with van der Waals surface area (Å²) in [5, 5.41) is 10.5. The summed E-state index contributed by atoms with van der Waals surface area (Å²) < 4.78 is 2.69. The van der Waals surface area contributed by atoms with Crippen LogP contribution in [-0.2, 0) is 0 Å². The third-order valence-electron chi connectivity index (χ3n) is 7.08. The molecule has 0 amide bonds. The summed E-state index contributed by atoms with van der Waals surface area (Å²) in [4.78, 5) is 10.9. The van der Waals surface area contributed by atoms with E-state index < -0.39 is 0 Å². The maximum Gasteiger partial charge on any atom is 0.0428 e. The van der Waals surface area contributed by atoms with Gasteiger partial charge in [0.1, 0.15) is 0 Å². The first kappa shape index (κ1) is 20.1. The summed E-state index contributed by atoms with van der Waals surface area (Å²) in [6.07, 6.45) is 7.45. The molecular weight excluding hydrogens is 477 g/mol. The van der Waals surface area contributed by atoms with Gasteiger partial charge in [0.2, 0.25) is 0 Å². The molecule has 0 bridgehead atoms. The van der Waals surface area contributed by atoms with E-state index in [0.717, 1.165) is 0 Å². The molecule has 0 spiro atoms. The van der Waals surface area contributed by atoms with Gasteiger partial charge in [0.05, 0.1) is 0 Å². The van der Waals surface area contributed by atoms with Gasteiger partial charge in [0.25, 0.3) is 0 Å². The molecule has 2 nitrogen and oxygen atoms in total. The number of thiophene rings is 2. The van der Waals surface area contributed by atoms with Gasteiger partial charge in [-0.1, -0.05) is 48.5 Å². The lowest BCUT2D eigenvalue weighted by atomic mass is 9.96.